The molecule has 4 heteroatoms. The Balaban J connectivity index is 1.86. The SMILES string of the molecule is COC1CC(NC(=O)[C@H](N)Cc2ccccc2)C1(C)C. The third-order valence-electron chi connectivity index (χ3n) is 4.41. The second-order valence-corrected chi connectivity index (χ2v) is 6.14. The predicted molar refractivity (Wildman–Crippen MR) is 79.2 cm³/mol. The Bertz CT molecular complexity index is 459. The summed E-state index contributed by atoms with van der Waals surface area (Å²) in [4.78, 5) is 12.2. The molecular weight excluding hydrogens is 252 g/mol. The fourth-order valence-corrected chi connectivity index (χ4v) is 2.77. The average Bonchev–Trinajstić information content (AvgIpc) is 2.43. The molecule has 3 N–H and O–H groups in total. The lowest BCUT2D eigenvalue weighted by atomic mass is 9.64. The van der Waals surface area contributed by atoms with Gasteiger partial charge in [0.1, 0.15) is 0 Å². The van der Waals surface area contributed by atoms with E-state index in [4.69, 9.17) is 10.5 Å². The molecule has 0 spiro atoms. The van der Waals surface area contributed by atoms with Crippen LogP contribution >= 0.6 is 0 Å². The first-order chi connectivity index (χ1) is 9.45. The van der Waals surface area contributed by atoms with Crippen LogP contribution in [0.15, 0.2) is 30.3 Å². The van der Waals surface area contributed by atoms with Crippen molar-refractivity contribution < 1.29 is 9.53 Å². The van der Waals surface area contributed by atoms with Crippen molar-refractivity contribution in [3.05, 3.63) is 35.9 Å². The molecule has 0 heterocycles. The first kappa shape index (κ1) is 15.0. The summed E-state index contributed by atoms with van der Waals surface area (Å²) in [5, 5.41) is 3.05. The lowest BCUT2D eigenvalue weighted by Gasteiger charge is -2.51. The van der Waals surface area contributed by atoms with Crippen molar-refractivity contribution in [3.63, 3.8) is 0 Å². The molecule has 20 heavy (non-hydrogen) atoms. The number of nitrogens with two attached hydrogens (primary N) is 1. The van der Waals surface area contributed by atoms with Gasteiger partial charge in [0, 0.05) is 18.6 Å². The second-order valence-electron chi connectivity index (χ2n) is 6.14. The maximum atomic E-state index is 12.2. The lowest BCUT2D eigenvalue weighted by molar-refractivity contribution is -0.133. The third kappa shape index (κ3) is 3.02. The molecule has 1 aromatic carbocycles. The van der Waals surface area contributed by atoms with Crippen molar-refractivity contribution in [2.45, 2.75) is 44.9 Å². The number of methoxy groups -OCH3 is 1. The van der Waals surface area contributed by atoms with Crippen molar-refractivity contribution in [1.82, 2.24) is 5.32 Å². The Morgan fingerprint density at radius 1 is 1.45 bits per heavy atom. The fourth-order valence-electron chi connectivity index (χ4n) is 2.77. The molecule has 0 aliphatic heterocycles. The van der Waals surface area contributed by atoms with Crippen LogP contribution < -0.4 is 11.1 Å². The zero-order valence-corrected chi connectivity index (χ0v) is 12.4. The molecule has 2 rings (SSSR count). The molecule has 1 aliphatic rings. The van der Waals surface area contributed by atoms with Crippen LogP contribution in [0.2, 0.25) is 0 Å². The van der Waals surface area contributed by atoms with E-state index in [9.17, 15) is 4.79 Å². The smallest absolute Gasteiger partial charge is 0.237 e. The predicted octanol–water partition coefficient (Wildman–Crippen LogP) is 1.49. The van der Waals surface area contributed by atoms with Crippen molar-refractivity contribution in [2.24, 2.45) is 11.1 Å². The van der Waals surface area contributed by atoms with Crippen molar-refractivity contribution in [2.75, 3.05) is 7.11 Å². The Kier molecular flexibility index (Phi) is 4.45. The summed E-state index contributed by atoms with van der Waals surface area (Å²) in [6.45, 7) is 4.22. The van der Waals surface area contributed by atoms with Crippen LogP contribution in [0, 0.1) is 5.41 Å². The number of hydrogen-bond donors (Lipinski definition) is 2. The molecule has 1 saturated carbocycles. The standard InChI is InChI=1S/C16H24N2O2/c1-16(2)13(10-14(16)20-3)18-15(19)12(17)9-11-7-5-4-6-8-11/h4-8,12-14H,9-10,17H2,1-3H3,(H,18,19)/t12-,13?,14?/m1/s1. The van der Waals surface area contributed by atoms with E-state index >= 15 is 0 Å². The Morgan fingerprint density at radius 2 is 2.10 bits per heavy atom. The number of benzene rings is 1. The zero-order chi connectivity index (χ0) is 14.8. The van der Waals surface area contributed by atoms with E-state index in [1.165, 1.54) is 0 Å². The molecule has 1 fully saturated rings. The van der Waals surface area contributed by atoms with Gasteiger partial charge in [-0.25, -0.2) is 0 Å². The summed E-state index contributed by atoms with van der Waals surface area (Å²) in [6.07, 6.45) is 1.62. The first-order valence-corrected chi connectivity index (χ1v) is 7.08. The number of rotatable bonds is 5. The van der Waals surface area contributed by atoms with E-state index in [2.05, 4.69) is 19.2 Å². The number of ether oxygens (including phenoxy) is 1. The Labute approximate surface area is 120 Å². The van der Waals surface area contributed by atoms with E-state index in [0.717, 1.165) is 12.0 Å². The highest BCUT2D eigenvalue weighted by Crippen LogP contribution is 2.42. The van der Waals surface area contributed by atoms with Gasteiger partial charge in [-0.05, 0) is 18.4 Å². The van der Waals surface area contributed by atoms with Gasteiger partial charge in [0.15, 0.2) is 0 Å². The molecule has 1 aromatic rings. The highest BCUT2D eigenvalue weighted by molar-refractivity contribution is 5.82. The topological polar surface area (TPSA) is 64.3 Å². The highest BCUT2D eigenvalue weighted by atomic mass is 16.5. The van der Waals surface area contributed by atoms with Gasteiger partial charge in [-0.2, -0.15) is 0 Å². The minimum Gasteiger partial charge on any atom is -0.381 e. The quantitative estimate of drug-likeness (QED) is 0.856. The van der Waals surface area contributed by atoms with Crippen LogP contribution in [0.3, 0.4) is 0 Å². The van der Waals surface area contributed by atoms with E-state index in [1.54, 1.807) is 7.11 Å². The first-order valence-electron chi connectivity index (χ1n) is 7.08. The molecule has 0 saturated heterocycles. The molecule has 0 aromatic heterocycles. The van der Waals surface area contributed by atoms with E-state index in [0.29, 0.717) is 6.42 Å². The molecule has 1 aliphatic carbocycles. The minimum absolute atomic E-state index is 0.0309. The Morgan fingerprint density at radius 3 is 2.65 bits per heavy atom. The molecule has 4 nitrogen and oxygen atoms in total. The summed E-state index contributed by atoms with van der Waals surface area (Å²) < 4.78 is 5.39. The summed E-state index contributed by atoms with van der Waals surface area (Å²) in [5.74, 6) is -0.0820. The number of carbonyl (C=O) groups excluding carboxylic acids is 1. The van der Waals surface area contributed by atoms with Crippen LogP contribution in [0.4, 0.5) is 0 Å². The van der Waals surface area contributed by atoms with Crippen LogP contribution in [0.5, 0.6) is 0 Å². The van der Waals surface area contributed by atoms with E-state index < -0.39 is 6.04 Å². The maximum Gasteiger partial charge on any atom is 0.237 e. The van der Waals surface area contributed by atoms with Gasteiger partial charge >= 0.3 is 0 Å². The van der Waals surface area contributed by atoms with Crippen LogP contribution in [-0.4, -0.2) is 31.2 Å². The summed E-state index contributed by atoms with van der Waals surface area (Å²) in [6, 6.07) is 9.48. The second kappa shape index (κ2) is 5.94. The summed E-state index contributed by atoms with van der Waals surface area (Å²) in [7, 11) is 1.71. The van der Waals surface area contributed by atoms with Crippen LogP contribution in [-0.2, 0) is 16.0 Å². The monoisotopic (exact) mass is 276 g/mol. The van der Waals surface area contributed by atoms with Gasteiger partial charge in [-0.15, -0.1) is 0 Å². The Hall–Kier alpha value is -1.39. The van der Waals surface area contributed by atoms with Gasteiger partial charge in [0.2, 0.25) is 5.91 Å². The maximum absolute atomic E-state index is 12.2. The molecule has 0 radical (unpaired) electrons. The van der Waals surface area contributed by atoms with E-state index in [1.807, 2.05) is 30.3 Å². The number of carbonyl (C=O) groups is 1. The van der Waals surface area contributed by atoms with Crippen molar-refractivity contribution in [3.8, 4) is 0 Å². The van der Waals surface area contributed by atoms with Gasteiger partial charge in [0.05, 0.1) is 12.1 Å². The van der Waals surface area contributed by atoms with Gasteiger partial charge in [-0.1, -0.05) is 44.2 Å². The largest absolute Gasteiger partial charge is 0.381 e. The average molecular weight is 276 g/mol. The molecular formula is C16H24N2O2. The van der Waals surface area contributed by atoms with Crippen molar-refractivity contribution >= 4 is 5.91 Å². The highest BCUT2D eigenvalue weighted by Gasteiger charge is 2.49. The number of amides is 1. The molecule has 2 unspecified atom stereocenters. The van der Waals surface area contributed by atoms with Crippen LogP contribution in [0.25, 0.3) is 0 Å². The van der Waals surface area contributed by atoms with Gasteiger partial charge in [-0.3, -0.25) is 4.79 Å². The fraction of sp³-hybridized carbons (Fsp3) is 0.562. The third-order valence-corrected chi connectivity index (χ3v) is 4.41. The summed E-state index contributed by atoms with van der Waals surface area (Å²) in [5.41, 5.74) is 7.04. The molecule has 110 valence electrons. The number of nitrogens with one attached hydrogen (secondary N) is 1. The summed E-state index contributed by atoms with van der Waals surface area (Å²) >= 11 is 0. The molecule has 0 bridgehead atoms. The molecule has 1 amide bonds. The van der Waals surface area contributed by atoms with Crippen molar-refractivity contribution in [1.29, 1.82) is 0 Å². The van der Waals surface area contributed by atoms with Gasteiger partial charge in [0.25, 0.3) is 0 Å². The lowest BCUT2D eigenvalue weighted by Crippen LogP contribution is -2.63. The molecule has 3 atom stereocenters. The van der Waals surface area contributed by atoms with Crippen LogP contribution in [0.1, 0.15) is 25.8 Å². The normalized spacial score (nSPS) is 25.6. The number of hydrogen-bond acceptors (Lipinski definition) is 3. The minimum atomic E-state index is -0.505. The van der Waals surface area contributed by atoms with E-state index in [-0.39, 0.29) is 23.5 Å². The zero-order valence-electron chi connectivity index (χ0n) is 12.4. The van der Waals surface area contributed by atoms with Gasteiger partial charge < -0.3 is 15.8 Å².